The first-order valence-electron chi connectivity index (χ1n) is 5.99. The predicted octanol–water partition coefficient (Wildman–Crippen LogP) is 3.01. The molecule has 15 heavy (non-hydrogen) atoms. The van der Waals surface area contributed by atoms with Crippen LogP contribution in [0.4, 0.5) is 0 Å². The van der Waals surface area contributed by atoms with Gasteiger partial charge >= 0.3 is 0 Å². The molecule has 0 aromatic rings. The number of amides is 1. The van der Waals surface area contributed by atoms with Crippen LogP contribution < -0.4 is 5.73 Å². The van der Waals surface area contributed by atoms with Crippen molar-refractivity contribution in [3.8, 4) is 12.3 Å². The van der Waals surface area contributed by atoms with Crippen molar-refractivity contribution in [2.24, 2.45) is 5.73 Å². The Morgan fingerprint density at radius 1 is 0.933 bits per heavy atom. The van der Waals surface area contributed by atoms with E-state index in [0.29, 0.717) is 6.42 Å². The van der Waals surface area contributed by atoms with Crippen LogP contribution in [-0.2, 0) is 4.79 Å². The predicted molar refractivity (Wildman–Crippen MR) is 64.2 cm³/mol. The lowest BCUT2D eigenvalue weighted by atomic mass is 10.1. The zero-order chi connectivity index (χ0) is 11.4. The van der Waals surface area contributed by atoms with Gasteiger partial charge in [-0.2, -0.15) is 0 Å². The summed E-state index contributed by atoms with van der Waals surface area (Å²) in [5.74, 6) is 2.48. The number of hydrogen-bond donors (Lipinski definition) is 1. The highest BCUT2D eigenvalue weighted by atomic mass is 16.1. The fraction of sp³-hybridized carbons (Fsp3) is 0.769. The standard InChI is InChI=1S/C13H23NO/c1-2-3-4-5-6-7-8-9-10-11-12-13(14)15/h1H,3-12H2,(H2,14,15). The van der Waals surface area contributed by atoms with Gasteiger partial charge in [-0.1, -0.05) is 38.5 Å². The van der Waals surface area contributed by atoms with E-state index >= 15 is 0 Å². The average Bonchev–Trinajstić information content (AvgIpc) is 2.20. The molecule has 1 amide bonds. The molecule has 0 unspecified atom stereocenters. The van der Waals surface area contributed by atoms with Gasteiger partial charge in [0.15, 0.2) is 0 Å². The van der Waals surface area contributed by atoms with Crippen LogP contribution in [0.1, 0.15) is 64.2 Å². The van der Waals surface area contributed by atoms with Gasteiger partial charge < -0.3 is 5.73 Å². The van der Waals surface area contributed by atoms with Gasteiger partial charge in [0.1, 0.15) is 0 Å². The Morgan fingerprint density at radius 2 is 1.40 bits per heavy atom. The Hall–Kier alpha value is -0.970. The van der Waals surface area contributed by atoms with Crippen LogP contribution in [0.5, 0.6) is 0 Å². The molecule has 0 aliphatic rings. The van der Waals surface area contributed by atoms with Crippen LogP contribution in [0.25, 0.3) is 0 Å². The molecule has 0 aromatic carbocycles. The monoisotopic (exact) mass is 209 g/mol. The van der Waals surface area contributed by atoms with Crippen molar-refractivity contribution in [1.82, 2.24) is 0 Å². The number of rotatable bonds is 10. The minimum absolute atomic E-state index is 0.177. The van der Waals surface area contributed by atoms with Gasteiger partial charge in [0.05, 0.1) is 0 Å². The number of nitrogens with two attached hydrogens (primary N) is 1. The first-order valence-corrected chi connectivity index (χ1v) is 5.99. The van der Waals surface area contributed by atoms with Crippen molar-refractivity contribution in [3.05, 3.63) is 0 Å². The topological polar surface area (TPSA) is 43.1 Å². The lowest BCUT2D eigenvalue weighted by Gasteiger charge is -2.00. The summed E-state index contributed by atoms with van der Waals surface area (Å²) >= 11 is 0. The zero-order valence-corrected chi connectivity index (χ0v) is 9.63. The molecule has 0 rings (SSSR count). The van der Waals surface area contributed by atoms with Gasteiger partial charge in [0.25, 0.3) is 0 Å². The molecule has 0 spiro atoms. The molecule has 2 heteroatoms. The smallest absolute Gasteiger partial charge is 0.217 e. The zero-order valence-electron chi connectivity index (χ0n) is 9.63. The molecule has 0 aromatic heterocycles. The summed E-state index contributed by atoms with van der Waals surface area (Å²) in [4.78, 5) is 10.4. The molecule has 0 aliphatic heterocycles. The van der Waals surface area contributed by atoms with Gasteiger partial charge in [-0.15, -0.1) is 12.3 Å². The second-order valence-corrected chi connectivity index (χ2v) is 4.00. The minimum Gasteiger partial charge on any atom is -0.370 e. The lowest BCUT2D eigenvalue weighted by molar-refractivity contribution is -0.118. The maximum atomic E-state index is 10.4. The van der Waals surface area contributed by atoms with Crippen LogP contribution in [0, 0.1) is 12.3 Å². The second kappa shape index (κ2) is 11.1. The third-order valence-corrected chi connectivity index (χ3v) is 2.49. The fourth-order valence-corrected chi connectivity index (χ4v) is 1.59. The molecular weight excluding hydrogens is 186 g/mol. The number of hydrogen-bond acceptors (Lipinski definition) is 1. The number of carbonyl (C=O) groups is 1. The number of carbonyl (C=O) groups excluding carboxylic acids is 1. The fourth-order valence-electron chi connectivity index (χ4n) is 1.59. The van der Waals surface area contributed by atoms with Gasteiger partial charge in [-0.25, -0.2) is 0 Å². The molecule has 2 N–H and O–H groups in total. The SMILES string of the molecule is C#CCCCCCCCCCCC(N)=O. The Morgan fingerprint density at radius 3 is 1.87 bits per heavy atom. The molecule has 2 nitrogen and oxygen atoms in total. The first kappa shape index (κ1) is 14.0. The van der Waals surface area contributed by atoms with Crippen molar-refractivity contribution >= 4 is 5.91 Å². The summed E-state index contributed by atoms with van der Waals surface area (Å²) in [5.41, 5.74) is 5.05. The molecule has 0 fully saturated rings. The quantitative estimate of drug-likeness (QED) is 0.436. The van der Waals surface area contributed by atoms with Crippen LogP contribution in [0.3, 0.4) is 0 Å². The molecule has 0 saturated heterocycles. The van der Waals surface area contributed by atoms with E-state index in [0.717, 1.165) is 25.7 Å². The van der Waals surface area contributed by atoms with E-state index in [1.165, 1.54) is 32.1 Å². The Bertz CT molecular complexity index is 193. The van der Waals surface area contributed by atoms with Crippen LogP contribution in [0.2, 0.25) is 0 Å². The van der Waals surface area contributed by atoms with E-state index < -0.39 is 0 Å². The maximum absolute atomic E-state index is 10.4. The van der Waals surface area contributed by atoms with E-state index in [-0.39, 0.29) is 5.91 Å². The molecule has 0 atom stereocenters. The lowest BCUT2D eigenvalue weighted by Crippen LogP contribution is -2.09. The molecule has 86 valence electrons. The normalized spacial score (nSPS) is 9.80. The maximum Gasteiger partial charge on any atom is 0.217 e. The summed E-state index contributed by atoms with van der Waals surface area (Å²) in [5, 5.41) is 0. The summed E-state index contributed by atoms with van der Waals surface area (Å²) in [6, 6.07) is 0. The highest BCUT2D eigenvalue weighted by Gasteiger charge is 1.94. The molecular formula is C13H23NO. The van der Waals surface area contributed by atoms with Gasteiger partial charge in [-0.3, -0.25) is 4.79 Å². The van der Waals surface area contributed by atoms with Crippen molar-refractivity contribution in [2.45, 2.75) is 64.2 Å². The average molecular weight is 209 g/mol. The van der Waals surface area contributed by atoms with Crippen LogP contribution in [-0.4, -0.2) is 5.91 Å². The number of unbranched alkanes of at least 4 members (excludes halogenated alkanes) is 8. The largest absolute Gasteiger partial charge is 0.370 e. The molecule has 0 saturated carbocycles. The van der Waals surface area contributed by atoms with E-state index in [1.54, 1.807) is 0 Å². The number of terminal acetylenes is 1. The van der Waals surface area contributed by atoms with Crippen molar-refractivity contribution in [2.75, 3.05) is 0 Å². The van der Waals surface area contributed by atoms with Gasteiger partial charge in [0, 0.05) is 12.8 Å². The van der Waals surface area contributed by atoms with Crippen molar-refractivity contribution < 1.29 is 4.79 Å². The molecule has 0 radical (unpaired) electrons. The Labute approximate surface area is 93.6 Å². The van der Waals surface area contributed by atoms with Crippen molar-refractivity contribution in [1.29, 1.82) is 0 Å². The molecule has 0 aliphatic carbocycles. The number of primary amides is 1. The molecule has 0 bridgehead atoms. The first-order chi connectivity index (χ1) is 7.27. The van der Waals surface area contributed by atoms with Crippen LogP contribution in [0.15, 0.2) is 0 Å². The summed E-state index contributed by atoms with van der Waals surface area (Å²) in [6.45, 7) is 0. The Balaban J connectivity index is 2.93. The minimum atomic E-state index is -0.177. The van der Waals surface area contributed by atoms with E-state index in [2.05, 4.69) is 5.92 Å². The van der Waals surface area contributed by atoms with Crippen molar-refractivity contribution in [3.63, 3.8) is 0 Å². The highest BCUT2D eigenvalue weighted by molar-refractivity contribution is 5.73. The third kappa shape index (κ3) is 13.0. The third-order valence-electron chi connectivity index (χ3n) is 2.49. The summed E-state index contributed by atoms with van der Waals surface area (Å²) in [6.07, 6.45) is 16.2. The summed E-state index contributed by atoms with van der Waals surface area (Å²) < 4.78 is 0. The van der Waals surface area contributed by atoms with E-state index in [1.807, 2.05) is 0 Å². The van der Waals surface area contributed by atoms with E-state index in [4.69, 9.17) is 12.2 Å². The molecule has 0 heterocycles. The van der Waals surface area contributed by atoms with Gasteiger partial charge in [0.2, 0.25) is 5.91 Å². The summed E-state index contributed by atoms with van der Waals surface area (Å²) in [7, 11) is 0. The van der Waals surface area contributed by atoms with E-state index in [9.17, 15) is 4.79 Å². The highest BCUT2D eigenvalue weighted by Crippen LogP contribution is 2.10. The van der Waals surface area contributed by atoms with Crippen LogP contribution >= 0.6 is 0 Å². The Kier molecular flexibility index (Phi) is 10.4. The van der Waals surface area contributed by atoms with Gasteiger partial charge in [-0.05, 0) is 12.8 Å². The second-order valence-electron chi connectivity index (χ2n) is 4.00.